The van der Waals surface area contributed by atoms with Crippen LogP contribution in [-0.2, 0) is 0 Å². The molecule has 0 aliphatic carbocycles. The highest BCUT2D eigenvalue weighted by atomic mass is 32.2. The fraction of sp³-hybridized carbons (Fsp3) is 0.0952. The minimum atomic E-state index is -0.268. The highest BCUT2D eigenvalue weighted by Crippen LogP contribution is 2.32. The number of hydrogen-bond donors (Lipinski definition) is 0. The van der Waals surface area contributed by atoms with E-state index < -0.39 is 0 Å². The summed E-state index contributed by atoms with van der Waals surface area (Å²) in [6.45, 7) is 1.91. The van der Waals surface area contributed by atoms with E-state index in [2.05, 4.69) is 10.2 Å². The molecule has 1 unspecified atom stereocenters. The molecular formula is C21H17N3OS2. The maximum Gasteiger partial charge on any atom is 0.196 e. The van der Waals surface area contributed by atoms with Crippen molar-refractivity contribution >= 4 is 28.9 Å². The van der Waals surface area contributed by atoms with Crippen molar-refractivity contribution in [1.29, 1.82) is 0 Å². The molecule has 2 aromatic carbocycles. The summed E-state index contributed by atoms with van der Waals surface area (Å²) in [5.74, 6) is 0.874. The van der Waals surface area contributed by atoms with E-state index in [0.717, 1.165) is 16.4 Å². The lowest BCUT2D eigenvalue weighted by Gasteiger charge is -2.12. The van der Waals surface area contributed by atoms with Gasteiger partial charge in [-0.05, 0) is 30.5 Å². The number of thioether (sulfide) groups is 1. The van der Waals surface area contributed by atoms with E-state index >= 15 is 0 Å². The van der Waals surface area contributed by atoms with Gasteiger partial charge in [0.15, 0.2) is 16.8 Å². The lowest BCUT2D eigenvalue weighted by molar-refractivity contribution is 0.0994. The average molecular weight is 392 g/mol. The van der Waals surface area contributed by atoms with Crippen molar-refractivity contribution in [2.75, 3.05) is 0 Å². The summed E-state index contributed by atoms with van der Waals surface area (Å²) in [5, 5.41) is 11.3. The van der Waals surface area contributed by atoms with Crippen molar-refractivity contribution in [3.05, 3.63) is 83.7 Å². The first kappa shape index (κ1) is 17.7. The van der Waals surface area contributed by atoms with Gasteiger partial charge in [-0.15, -0.1) is 21.5 Å². The Morgan fingerprint density at radius 1 is 0.963 bits per heavy atom. The number of ketones is 1. The summed E-state index contributed by atoms with van der Waals surface area (Å²) in [6, 6.07) is 23.4. The molecule has 0 aliphatic heterocycles. The van der Waals surface area contributed by atoms with Crippen LogP contribution in [0.1, 0.15) is 17.3 Å². The summed E-state index contributed by atoms with van der Waals surface area (Å²) >= 11 is 3.05. The zero-order chi connectivity index (χ0) is 18.6. The number of benzene rings is 2. The normalized spacial score (nSPS) is 12.0. The predicted octanol–water partition coefficient (Wildman–Crippen LogP) is 5.36. The van der Waals surface area contributed by atoms with E-state index in [0.29, 0.717) is 10.7 Å². The third-order valence-electron chi connectivity index (χ3n) is 4.10. The topological polar surface area (TPSA) is 47.8 Å². The zero-order valence-electron chi connectivity index (χ0n) is 14.6. The lowest BCUT2D eigenvalue weighted by Crippen LogP contribution is -2.14. The fourth-order valence-corrected chi connectivity index (χ4v) is 4.41. The Labute approximate surface area is 165 Å². The van der Waals surface area contributed by atoms with Crippen LogP contribution in [-0.4, -0.2) is 25.8 Å². The zero-order valence-corrected chi connectivity index (χ0v) is 16.3. The Hall–Kier alpha value is -2.70. The van der Waals surface area contributed by atoms with E-state index in [4.69, 9.17) is 0 Å². The van der Waals surface area contributed by atoms with Gasteiger partial charge < -0.3 is 0 Å². The van der Waals surface area contributed by atoms with Gasteiger partial charge in [0.1, 0.15) is 0 Å². The molecular weight excluding hydrogens is 374 g/mol. The van der Waals surface area contributed by atoms with Crippen LogP contribution in [0.15, 0.2) is 83.3 Å². The van der Waals surface area contributed by atoms with Crippen LogP contribution in [0.5, 0.6) is 0 Å². The van der Waals surface area contributed by atoms with Crippen molar-refractivity contribution in [1.82, 2.24) is 14.8 Å². The van der Waals surface area contributed by atoms with Crippen molar-refractivity contribution in [3.63, 3.8) is 0 Å². The van der Waals surface area contributed by atoms with Crippen LogP contribution in [0.3, 0.4) is 0 Å². The van der Waals surface area contributed by atoms with Crippen molar-refractivity contribution < 1.29 is 4.79 Å². The van der Waals surface area contributed by atoms with Crippen LogP contribution < -0.4 is 0 Å². The van der Waals surface area contributed by atoms with Crippen molar-refractivity contribution in [3.8, 4) is 16.4 Å². The van der Waals surface area contributed by atoms with Gasteiger partial charge in [-0.1, -0.05) is 66.4 Å². The van der Waals surface area contributed by atoms with Gasteiger partial charge in [0.25, 0.3) is 0 Å². The van der Waals surface area contributed by atoms with Gasteiger partial charge in [-0.3, -0.25) is 9.36 Å². The second-order valence-corrected chi connectivity index (χ2v) is 8.20. The number of aromatic nitrogens is 3. The maximum atomic E-state index is 12.8. The van der Waals surface area contributed by atoms with Gasteiger partial charge in [0.2, 0.25) is 0 Å². The molecule has 0 spiro atoms. The molecule has 0 bridgehead atoms. The number of para-hydroxylation sites is 1. The van der Waals surface area contributed by atoms with Gasteiger partial charge in [-0.25, -0.2) is 0 Å². The SMILES string of the molecule is CC(Sc1nnc(-c2cccs2)n1-c1ccccc1)C(=O)c1ccccc1. The van der Waals surface area contributed by atoms with Crippen molar-refractivity contribution in [2.24, 2.45) is 0 Å². The number of hydrogen-bond acceptors (Lipinski definition) is 5. The molecule has 134 valence electrons. The van der Waals surface area contributed by atoms with Crippen LogP contribution >= 0.6 is 23.1 Å². The predicted molar refractivity (Wildman–Crippen MR) is 111 cm³/mol. The summed E-state index contributed by atoms with van der Waals surface area (Å²) in [7, 11) is 0. The Morgan fingerprint density at radius 2 is 1.67 bits per heavy atom. The maximum absolute atomic E-state index is 12.8. The number of thiophene rings is 1. The molecule has 0 N–H and O–H groups in total. The molecule has 2 heterocycles. The summed E-state index contributed by atoms with van der Waals surface area (Å²) in [4.78, 5) is 13.8. The second kappa shape index (κ2) is 7.90. The number of Topliss-reactive ketones (excluding diaryl/α,β-unsaturated/α-hetero) is 1. The molecule has 6 heteroatoms. The first-order chi connectivity index (χ1) is 13.2. The molecule has 0 saturated carbocycles. The monoisotopic (exact) mass is 391 g/mol. The Morgan fingerprint density at radius 3 is 2.33 bits per heavy atom. The number of carbonyl (C=O) groups excluding carboxylic acids is 1. The minimum absolute atomic E-state index is 0.0842. The molecule has 0 radical (unpaired) electrons. The lowest BCUT2D eigenvalue weighted by atomic mass is 10.1. The smallest absolute Gasteiger partial charge is 0.196 e. The highest BCUT2D eigenvalue weighted by Gasteiger charge is 2.22. The minimum Gasteiger partial charge on any atom is -0.293 e. The first-order valence-corrected chi connectivity index (χ1v) is 10.3. The molecule has 0 amide bonds. The van der Waals surface area contributed by atoms with Crippen LogP contribution in [0.4, 0.5) is 0 Å². The van der Waals surface area contributed by atoms with E-state index in [1.165, 1.54) is 11.8 Å². The number of carbonyl (C=O) groups is 1. The van der Waals surface area contributed by atoms with E-state index in [1.807, 2.05) is 89.7 Å². The van der Waals surface area contributed by atoms with Crippen molar-refractivity contribution in [2.45, 2.75) is 17.3 Å². The Bertz CT molecular complexity index is 1030. The average Bonchev–Trinajstić information content (AvgIpc) is 3.38. The standard InChI is InChI=1S/C21H17N3OS2/c1-15(19(25)16-9-4-2-5-10-16)27-21-23-22-20(18-13-8-14-26-18)24(21)17-11-6-3-7-12-17/h2-15H,1H3. The first-order valence-electron chi connectivity index (χ1n) is 8.54. The molecule has 0 fully saturated rings. The van der Waals surface area contributed by atoms with Gasteiger partial charge in [0.05, 0.1) is 10.1 Å². The number of rotatable bonds is 6. The Balaban J connectivity index is 1.70. The largest absolute Gasteiger partial charge is 0.293 e. The molecule has 0 saturated heterocycles. The summed E-state index contributed by atoms with van der Waals surface area (Å²) in [6.07, 6.45) is 0. The Kier molecular flexibility index (Phi) is 5.18. The molecule has 1 atom stereocenters. The van der Waals surface area contributed by atoms with Gasteiger partial charge in [-0.2, -0.15) is 0 Å². The third kappa shape index (κ3) is 3.72. The molecule has 4 nitrogen and oxygen atoms in total. The quantitative estimate of drug-likeness (QED) is 0.328. The summed E-state index contributed by atoms with van der Waals surface area (Å²) < 4.78 is 2.02. The molecule has 4 rings (SSSR count). The fourth-order valence-electron chi connectivity index (χ4n) is 2.77. The molecule has 2 aromatic heterocycles. The molecule has 4 aromatic rings. The van der Waals surface area contributed by atoms with E-state index in [-0.39, 0.29) is 11.0 Å². The van der Waals surface area contributed by atoms with E-state index in [1.54, 1.807) is 11.3 Å². The molecule has 0 aliphatic rings. The van der Waals surface area contributed by atoms with Gasteiger partial charge >= 0.3 is 0 Å². The third-order valence-corrected chi connectivity index (χ3v) is 6.01. The molecule has 27 heavy (non-hydrogen) atoms. The second-order valence-electron chi connectivity index (χ2n) is 5.94. The number of nitrogens with zero attached hydrogens (tertiary/aromatic N) is 3. The highest BCUT2D eigenvalue weighted by molar-refractivity contribution is 8.00. The van der Waals surface area contributed by atoms with Crippen LogP contribution in [0.2, 0.25) is 0 Å². The van der Waals surface area contributed by atoms with Gasteiger partial charge in [0, 0.05) is 11.3 Å². The summed E-state index contributed by atoms with van der Waals surface area (Å²) in [5.41, 5.74) is 1.69. The van der Waals surface area contributed by atoms with Crippen LogP contribution in [0.25, 0.3) is 16.4 Å². The van der Waals surface area contributed by atoms with E-state index in [9.17, 15) is 4.79 Å². The van der Waals surface area contributed by atoms with Crippen LogP contribution in [0, 0.1) is 0 Å².